The smallest absolute Gasteiger partial charge is 0.331 e. The lowest BCUT2D eigenvalue weighted by atomic mass is 10.1. The van der Waals surface area contributed by atoms with Crippen LogP contribution in [0, 0.1) is 0 Å². The zero-order valence-corrected chi connectivity index (χ0v) is 11.8. The van der Waals surface area contributed by atoms with Gasteiger partial charge < -0.3 is 9.64 Å². The first-order valence-electron chi connectivity index (χ1n) is 6.97. The summed E-state index contributed by atoms with van der Waals surface area (Å²) >= 11 is 0. The fraction of sp³-hybridized carbons (Fsp3) is 0.467. The molecule has 0 spiro atoms. The minimum absolute atomic E-state index is 0.0934. The largest absolute Gasteiger partial charge is 0.493 e. The van der Waals surface area contributed by atoms with Crippen LogP contribution in [-0.2, 0) is 11.2 Å². The van der Waals surface area contributed by atoms with E-state index in [0.717, 1.165) is 17.7 Å². The standard InChI is InChI=1S/C15H18N2O3/c1-10(2)16-7-5-14(18)17(15(16)19)12-3-4-13-11(9-12)6-8-20-13/h3-4,9-10H,5-8H2,1-2H3. The van der Waals surface area contributed by atoms with Crippen molar-refractivity contribution in [2.24, 2.45) is 0 Å². The summed E-state index contributed by atoms with van der Waals surface area (Å²) in [6.45, 7) is 5.09. The Morgan fingerprint density at radius 3 is 2.75 bits per heavy atom. The number of rotatable bonds is 2. The van der Waals surface area contributed by atoms with Gasteiger partial charge in [-0.1, -0.05) is 0 Å². The van der Waals surface area contributed by atoms with E-state index in [2.05, 4.69) is 0 Å². The number of ether oxygens (including phenoxy) is 1. The third-order valence-corrected chi connectivity index (χ3v) is 3.81. The number of nitrogens with zero attached hydrogens (tertiary/aromatic N) is 2. The number of amides is 3. The molecule has 106 valence electrons. The van der Waals surface area contributed by atoms with Gasteiger partial charge in [0, 0.05) is 25.4 Å². The van der Waals surface area contributed by atoms with Gasteiger partial charge in [-0.05, 0) is 37.6 Å². The van der Waals surface area contributed by atoms with Gasteiger partial charge >= 0.3 is 6.03 Å². The number of imide groups is 1. The second-order valence-electron chi connectivity index (χ2n) is 5.44. The molecule has 3 rings (SSSR count). The minimum Gasteiger partial charge on any atom is -0.493 e. The molecule has 0 saturated carbocycles. The van der Waals surface area contributed by atoms with E-state index in [-0.39, 0.29) is 18.0 Å². The summed E-state index contributed by atoms with van der Waals surface area (Å²) in [5.41, 5.74) is 1.71. The van der Waals surface area contributed by atoms with Crippen molar-refractivity contribution in [1.29, 1.82) is 0 Å². The third-order valence-electron chi connectivity index (χ3n) is 3.81. The van der Waals surface area contributed by atoms with Crippen molar-refractivity contribution in [1.82, 2.24) is 4.90 Å². The van der Waals surface area contributed by atoms with E-state index < -0.39 is 0 Å². The van der Waals surface area contributed by atoms with E-state index in [9.17, 15) is 9.59 Å². The van der Waals surface area contributed by atoms with Gasteiger partial charge in [-0.25, -0.2) is 9.69 Å². The van der Waals surface area contributed by atoms with Crippen molar-refractivity contribution in [2.45, 2.75) is 32.7 Å². The van der Waals surface area contributed by atoms with Crippen LogP contribution in [0.1, 0.15) is 25.8 Å². The first kappa shape index (κ1) is 13.0. The van der Waals surface area contributed by atoms with E-state index in [1.165, 1.54) is 4.90 Å². The van der Waals surface area contributed by atoms with Crippen LogP contribution in [-0.4, -0.2) is 36.0 Å². The molecule has 1 aromatic rings. The summed E-state index contributed by atoms with van der Waals surface area (Å²) in [4.78, 5) is 27.6. The Balaban J connectivity index is 1.94. The number of fused-ring (bicyclic) bond motifs is 1. The Morgan fingerprint density at radius 1 is 1.20 bits per heavy atom. The molecule has 1 aromatic carbocycles. The highest BCUT2D eigenvalue weighted by atomic mass is 16.5. The maximum absolute atomic E-state index is 12.5. The maximum atomic E-state index is 12.5. The van der Waals surface area contributed by atoms with Gasteiger partial charge in [0.05, 0.1) is 12.3 Å². The molecule has 0 radical (unpaired) electrons. The number of urea groups is 1. The average Bonchev–Trinajstić information content (AvgIpc) is 2.85. The van der Waals surface area contributed by atoms with E-state index in [4.69, 9.17) is 4.74 Å². The first-order chi connectivity index (χ1) is 9.58. The van der Waals surface area contributed by atoms with Crippen molar-refractivity contribution in [3.63, 3.8) is 0 Å². The molecular formula is C15H18N2O3. The number of anilines is 1. The van der Waals surface area contributed by atoms with Gasteiger partial charge in [-0.15, -0.1) is 0 Å². The van der Waals surface area contributed by atoms with Crippen LogP contribution in [0.15, 0.2) is 18.2 Å². The summed E-state index contributed by atoms with van der Waals surface area (Å²) in [5, 5.41) is 0. The Labute approximate surface area is 118 Å². The van der Waals surface area contributed by atoms with E-state index >= 15 is 0 Å². The van der Waals surface area contributed by atoms with Crippen molar-refractivity contribution in [2.75, 3.05) is 18.1 Å². The highest BCUT2D eigenvalue weighted by Gasteiger charge is 2.34. The summed E-state index contributed by atoms with van der Waals surface area (Å²) in [6, 6.07) is 5.38. The van der Waals surface area contributed by atoms with Gasteiger partial charge in [0.25, 0.3) is 0 Å². The monoisotopic (exact) mass is 274 g/mol. The van der Waals surface area contributed by atoms with Crippen molar-refractivity contribution in [3.8, 4) is 5.75 Å². The Hall–Kier alpha value is -2.04. The van der Waals surface area contributed by atoms with Gasteiger partial charge in [0.2, 0.25) is 5.91 Å². The fourth-order valence-corrected chi connectivity index (χ4v) is 2.70. The van der Waals surface area contributed by atoms with E-state index in [0.29, 0.717) is 25.3 Å². The highest BCUT2D eigenvalue weighted by molar-refractivity contribution is 6.15. The van der Waals surface area contributed by atoms with E-state index in [1.54, 1.807) is 11.0 Å². The molecule has 2 aliphatic rings. The van der Waals surface area contributed by atoms with Gasteiger partial charge in [0.15, 0.2) is 0 Å². The van der Waals surface area contributed by atoms with Crippen molar-refractivity contribution in [3.05, 3.63) is 23.8 Å². The Morgan fingerprint density at radius 2 is 2.00 bits per heavy atom. The van der Waals surface area contributed by atoms with Gasteiger partial charge in [-0.2, -0.15) is 0 Å². The Kier molecular flexibility index (Phi) is 3.12. The zero-order valence-electron chi connectivity index (χ0n) is 11.8. The van der Waals surface area contributed by atoms with Crippen LogP contribution in [0.3, 0.4) is 0 Å². The number of hydrogen-bond acceptors (Lipinski definition) is 3. The Bertz CT molecular complexity index is 568. The third kappa shape index (κ3) is 2.03. The number of carbonyl (C=O) groups excluding carboxylic acids is 2. The summed E-state index contributed by atoms with van der Waals surface area (Å²) in [6.07, 6.45) is 1.20. The van der Waals surface area contributed by atoms with Crippen molar-refractivity contribution < 1.29 is 14.3 Å². The number of hydrogen-bond donors (Lipinski definition) is 0. The molecule has 1 saturated heterocycles. The zero-order chi connectivity index (χ0) is 14.3. The molecule has 0 aromatic heterocycles. The van der Waals surface area contributed by atoms with Gasteiger partial charge in [-0.3, -0.25) is 4.79 Å². The van der Waals surface area contributed by atoms with Crippen LogP contribution >= 0.6 is 0 Å². The molecule has 5 heteroatoms. The van der Waals surface area contributed by atoms with Crippen LogP contribution in [0.5, 0.6) is 5.75 Å². The lowest BCUT2D eigenvalue weighted by molar-refractivity contribution is -0.119. The highest BCUT2D eigenvalue weighted by Crippen LogP contribution is 2.31. The SMILES string of the molecule is CC(C)N1CCC(=O)N(c2ccc3c(c2)CCO3)C1=O. The summed E-state index contributed by atoms with van der Waals surface area (Å²) in [7, 11) is 0. The molecule has 20 heavy (non-hydrogen) atoms. The second-order valence-corrected chi connectivity index (χ2v) is 5.44. The minimum atomic E-state index is -0.227. The predicted molar refractivity (Wildman–Crippen MR) is 75.0 cm³/mol. The predicted octanol–water partition coefficient (Wildman–Crippen LogP) is 2.19. The van der Waals surface area contributed by atoms with Gasteiger partial charge in [0.1, 0.15) is 5.75 Å². The lowest BCUT2D eigenvalue weighted by Crippen LogP contribution is -2.54. The maximum Gasteiger partial charge on any atom is 0.331 e. The van der Waals surface area contributed by atoms with Crippen molar-refractivity contribution >= 4 is 17.6 Å². The van der Waals surface area contributed by atoms with Crippen LogP contribution in [0.25, 0.3) is 0 Å². The quantitative estimate of drug-likeness (QED) is 0.830. The first-order valence-corrected chi connectivity index (χ1v) is 6.97. The number of benzene rings is 1. The molecule has 0 atom stereocenters. The van der Waals surface area contributed by atoms with Crippen LogP contribution in [0.4, 0.5) is 10.5 Å². The molecule has 1 fully saturated rings. The second kappa shape index (κ2) is 4.81. The molecular weight excluding hydrogens is 256 g/mol. The molecule has 0 bridgehead atoms. The lowest BCUT2D eigenvalue weighted by Gasteiger charge is -2.36. The normalized spacial score (nSPS) is 18.6. The van der Waals surface area contributed by atoms with Crippen LogP contribution in [0.2, 0.25) is 0 Å². The van der Waals surface area contributed by atoms with Crippen LogP contribution < -0.4 is 9.64 Å². The summed E-state index contributed by atoms with van der Waals surface area (Å²) < 4.78 is 5.46. The fourth-order valence-electron chi connectivity index (χ4n) is 2.70. The van der Waals surface area contributed by atoms with E-state index in [1.807, 2.05) is 26.0 Å². The molecule has 0 aliphatic carbocycles. The molecule has 2 aliphatic heterocycles. The average molecular weight is 274 g/mol. The summed E-state index contributed by atoms with van der Waals surface area (Å²) in [5.74, 6) is 0.720. The molecule has 3 amide bonds. The molecule has 0 N–H and O–H groups in total. The number of carbonyl (C=O) groups is 2. The molecule has 0 unspecified atom stereocenters. The molecule has 5 nitrogen and oxygen atoms in total. The molecule has 2 heterocycles. The topological polar surface area (TPSA) is 49.9 Å².